The molecule has 0 spiro atoms. The lowest BCUT2D eigenvalue weighted by atomic mass is 10.1. The van der Waals surface area contributed by atoms with Gasteiger partial charge in [-0.1, -0.05) is 42.5 Å². The summed E-state index contributed by atoms with van der Waals surface area (Å²) in [5, 5.41) is 19.8. The predicted molar refractivity (Wildman–Crippen MR) is 82.9 cm³/mol. The molecule has 0 aromatic heterocycles. The molecule has 0 radical (unpaired) electrons. The van der Waals surface area contributed by atoms with E-state index in [1.165, 1.54) is 24.3 Å². The summed E-state index contributed by atoms with van der Waals surface area (Å²) in [4.78, 5) is 22.1. The van der Waals surface area contributed by atoms with E-state index in [1.807, 2.05) is 18.2 Å². The third kappa shape index (κ3) is 4.51. The summed E-state index contributed by atoms with van der Waals surface area (Å²) in [5.41, 5.74) is 0.844. The molecule has 2 aromatic carbocycles. The largest absolute Gasteiger partial charge is 0.457 e. The molecular weight excluding hydrogens is 296 g/mol. The van der Waals surface area contributed by atoms with E-state index in [4.69, 9.17) is 10.00 Å². The van der Waals surface area contributed by atoms with Crippen LogP contribution in [0.5, 0.6) is 0 Å². The predicted octanol–water partition coefficient (Wildman–Crippen LogP) is 3.25. The third-order valence-corrected chi connectivity index (χ3v) is 2.95. The zero-order chi connectivity index (χ0) is 16.7. The van der Waals surface area contributed by atoms with Crippen molar-refractivity contribution in [1.29, 1.82) is 5.26 Å². The van der Waals surface area contributed by atoms with Crippen LogP contribution in [0.2, 0.25) is 0 Å². The number of nitro groups is 1. The fourth-order valence-corrected chi connectivity index (χ4v) is 1.83. The summed E-state index contributed by atoms with van der Waals surface area (Å²) < 4.78 is 5.07. The first-order valence-electron chi connectivity index (χ1n) is 6.67. The average Bonchev–Trinajstić information content (AvgIpc) is 2.58. The maximum atomic E-state index is 11.9. The quantitative estimate of drug-likeness (QED) is 0.278. The highest BCUT2D eigenvalue weighted by Gasteiger charge is 2.12. The Morgan fingerprint density at radius 3 is 2.61 bits per heavy atom. The van der Waals surface area contributed by atoms with E-state index < -0.39 is 10.9 Å². The van der Waals surface area contributed by atoms with E-state index >= 15 is 0 Å². The number of rotatable bonds is 5. The molecule has 23 heavy (non-hydrogen) atoms. The Bertz CT molecular complexity index is 792. The summed E-state index contributed by atoms with van der Waals surface area (Å²) in [6.45, 7) is 0.0492. The first-order chi connectivity index (χ1) is 11.1. The number of nitriles is 1. The lowest BCUT2D eigenvalue weighted by Crippen LogP contribution is -2.06. The number of hydrogen-bond donors (Lipinski definition) is 0. The van der Waals surface area contributed by atoms with Crippen LogP contribution in [0.25, 0.3) is 6.08 Å². The third-order valence-electron chi connectivity index (χ3n) is 2.95. The maximum absolute atomic E-state index is 11.9. The van der Waals surface area contributed by atoms with Crippen LogP contribution in [0.3, 0.4) is 0 Å². The van der Waals surface area contributed by atoms with Crippen LogP contribution in [0.1, 0.15) is 11.1 Å². The van der Waals surface area contributed by atoms with Gasteiger partial charge in [0.15, 0.2) is 0 Å². The molecule has 0 saturated carbocycles. The minimum atomic E-state index is -0.775. The molecule has 114 valence electrons. The number of ether oxygens (including phenoxy) is 1. The number of carbonyl (C=O) groups is 1. The zero-order valence-electron chi connectivity index (χ0n) is 12.0. The van der Waals surface area contributed by atoms with Crippen LogP contribution in [0.15, 0.2) is 60.2 Å². The van der Waals surface area contributed by atoms with Gasteiger partial charge in [0, 0.05) is 12.1 Å². The molecule has 0 aliphatic heterocycles. The van der Waals surface area contributed by atoms with Crippen LogP contribution in [-0.2, 0) is 16.1 Å². The Morgan fingerprint density at radius 2 is 1.96 bits per heavy atom. The van der Waals surface area contributed by atoms with Gasteiger partial charge in [0.25, 0.3) is 5.69 Å². The zero-order valence-corrected chi connectivity index (χ0v) is 12.0. The second kappa shape index (κ2) is 7.52. The average molecular weight is 308 g/mol. The molecule has 0 N–H and O–H groups in total. The SMILES string of the molecule is N#CC(=Cc1cccc([N+](=O)[O-])c1)C(=O)OCc1ccccc1. The van der Waals surface area contributed by atoms with E-state index in [-0.39, 0.29) is 17.9 Å². The lowest BCUT2D eigenvalue weighted by Gasteiger charge is -2.04. The van der Waals surface area contributed by atoms with Crippen molar-refractivity contribution >= 4 is 17.7 Å². The highest BCUT2D eigenvalue weighted by molar-refractivity contribution is 5.97. The molecule has 0 atom stereocenters. The Balaban J connectivity index is 2.12. The van der Waals surface area contributed by atoms with Crippen molar-refractivity contribution in [2.75, 3.05) is 0 Å². The molecule has 6 heteroatoms. The molecular formula is C17H12N2O4. The topological polar surface area (TPSA) is 93.2 Å². The van der Waals surface area contributed by atoms with Gasteiger partial charge < -0.3 is 4.74 Å². The molecule has 0 aliphatic rings. The molecule has 0 heterocycles. The van der Waals surface area contributed by atoms with E-state index in [2.05, 4.69) is 0 Å². The second-order valence-corrected chi connectivity index (χ2v) is 4.58. The molecule has 0 fully saturated rings. The highest BCUT2D eigenvalue weighted by atomic mass is 16.6. The van der Waals surface area contributed by atoms with E-state index in [1.54, 1.807) is 24.3 Å². The first-order valence-corrected chi connectivity index (χ1v) is 6.67. The number of nitro benzene ring substituents is 1. The Kier molecular flexibility index (Phi) is 5.21. The summed E-state index contributed by atoms with van der Waals surface area (Å²) in [6, 6.07) is 16.5. The molecule has 2 aromatic rings. The summed E-state index contributed by atoms with van der Waals surface area (Å²) in [6.07, 6.45) is 1.26. The van der Waals surface area contributed by atoms with Crippen molar-refractivity contribution in [2.45, 2.75) is 6.61 Å². The minimum absolute atomic E-state index is 0.0492. The Morgan fingerprint density at radius 1 is 1.22 bits per heavy atom. The molecule has 0 bridgehead atoms. The molecule has 0 amide bonds. The lowest BCUT2D eigenvalue weighted by molar-refractivity contribution is -0.384. The van der Waals surface area contributed by atoms with Crippen LogP contribution >= 0.6 is 0 Å². The number of carbonyl (C=O) groups excluding carboxylic acids is 1. The van der Waals surface area contributed by atoms with Gasteiger partial charge in [0.05, 0.1) is 4.92 Å². The monoisotopic (exact) mass is 308 g/mol. The number of benzene rings is 2. The van der Waals surface area contributed by atoms with Crippen LogP contribution < -0.4 is 0 Å². The van der Waals surface area contributed by atoms with Gasteiger partial charge in [-0.3, -0.25) is 10.1 Å². The van der Waals surface area contributed by atoms with Crippen molar-refractivity contribution in [3.05, 3.63) is 81.4 Å². The Hall–Kier alpha value is -3.46. The van der Waals surface area contributed by atoms with Gasteiger partial charge in [-0.2, -0.15) is 5.26 Å². The van der Waals surface area contributed by atoms with Gasteiger partial charge in [-0.25, -0.2) is 4.79 Å². The summed E-state index contributed by atoms with van der Waals surface area (Å²) in [7, 11) is 0. The fraction of sp³-hybridized carbons (Fsp3) is 0.0588. The van der Waals surface area contributed by atoms with Crippen molar-refractivity contribution < 1.29 is 14.5 Å². The number of nitrogens with zero attached hydrogens (tertiary/aromatic N) is 2. The smallest absolute Gasteiger partial charge is 0.349 e. The normalized spacial score (nSPS) is 10.7. The van der Waals surface area contributed by atoms with Crippen molar-refractivity contribution in [2.24, 2.45) is 0 Å². The maximum Gasteiger partial charge on any atom is 0.349 e. The van der Waals surface area contributed by atoms with Gasteiger partial charge >= 0.3 is 5.97 Å². The number of non-ortho nitro benzene ring substituents is 1. The summed E-state index contributed by atoms with van der Waals surface area (Å²) in [5.74, 6) is -0.775. The molecule has 0 unspecified atom stereocenters. The highest BCUT2D eigenvalue weighted by Crippen LogP contribution is 2.16. The minimum Gasteiger partial charge on any atom is -0.457 e. The molecule has 0 aliphatic carbocycles. The number of hydrogen-bond acceptors (Lipinski definition) is 5. The van der Waals surface area contributed by atoms with E-state index in [9.17, 15) is 14.9 Å². The van der Waals surface area contributed by atoms with Gasteiger partial charge in [0.2, 0.25) is 0 Å². The number of esters is 1. The van der Waals surface area contributed by atoms with Crippen molar-refractivity contribution in [1.82, 2.24) is 0 Å². The molecule has 0 saturated heterocycles. The van der Waals surface area contributed by atoms with Crippen LogP contribution in [0.4, 0.5) is 5.69 Å². The van der Waals surface area contributed by atoms with Crippen molar-refractivity contribution in [3.63, 3.8) is 0 Å². The summed E-state index contributed by atoms with van der Waals surface area (Å²) >= 11 is 0. The van der Waals surface area contributed by atoms with Crippen molar-refractivity contribution in [3.8, 4) is 6.07 Å². The molecule has 2 rings (SSSR count). The van der Waals surface area contributed by atoms with E-state index in [0.29, 0.717) is 5.56 Å². The standard InChI is InChI=1S/C17H12N2O4/c18-11-15(9-14-7-4-8-16(10-14)19(21)22)17(20)23-12-13-5-2-1-3-6-13/h1-10H,12H2. The first kappa shape index (κ1) is 15.9. The van der Waals surface area contributed by atoms with Gasteiger partial charge in [-0.15, -0.1) is 0 Å². The van der Waals surface area contributed by atoms with Crippen LogP contribution in [-0.4, -0.2) is 10.9 Å². The van der Waals surface area contributed by atoms with Gasteiger partial charge in [-0.05, 0) is 17.2 Å². The van der Waals surface area contributed by atoms with Crippen LogP contribution in [0, 0.1) is 21.4 Å². The Labute approximate surface area is 132 Å². The molecule has 6 nitrogen and oxygen atoms in total. The second-order valence-electron chi connectivity index (χ2n) is 4.58. The van der Waals surface area contributed by atoms with E-state index in [0.717, 1.165) is 5.56 Å². The fourth-order valence-electron chi connectivity index (χ4n) is 1.83. The van der Waals surface area contributed by atoms with Gasteiger partial charge in [0.1, 0.15) is 18.2 Å².